The predicted octanol–water partition coefficient (Wildman–Crippen LogP) is 3.33. The van der Waals surface area contributed by atoms with Crippen LogP contribution in [0.15, 0.2) is 28.9 Å². The van der Waals surface area contributed by atoms with Crippen molar-refractivity contribution in [2.45, 2.75) is 12.8 Å². The van der Waals surface area contributed by atoms with Crippen LogP contribution in [0.3, 0.4) is 0 Å². The van der Waals surface area contributed by atoms with Crippen LogP contribution in [0.25, 0.3) is 11.0 Å². The second-order valence-electron chi connectivity index (χ2n) is 3.59. The van der Waals surface area contributed by atoms with Gasteiger partial charge in [0.15, 0.2) is 0 Å². The summed E-state index contributed by atoms with van der Waals surface area (Å²) in [5.41, 5.74) is 0.697. The van der Waals surface area contributed by atoms with E-state index in [2.05, 4.69) is 0 Å². The summed E-state index contributed by atoms with van der Waals surface area (Å²) < 4.78 is 10.6. The average molecular weight is 255 g/mol. The molecule has 0 unspecified atom stereocenters. The van der Waals surface area contributed by atoms with E-state index in [1.165, 1.54) is 0 Å². The number of benzene rings is 1. The third kappa shape index (κ3) is 2.91. The van der Waals surface area contributed by atoms with Crippen LogP contribution in [-0.4, -0.2) is 17.7 Å². The van der Waals surface area contributed by atoms with Gasteiger partial charge in [-0.1, -0.05) is 11.6 Å². The molecule has 0 spiro atoms. The molecule has 1 aromatic heterocycles. The molecule has 2 aromatic rings. The van der Waals surface area contributed by atoms with Crippen molar-refractivity contribution < 1.29 is 19.1 Å². The number of carboxylic acid groups (broad SMARTS) is 1. The van der Waals surface area contributed by atoms with Gasteiger partial charge in [-0.2, -0.15) is 0 Å². The Kier molecular flexibility index (Phi) is 3.54. The first-order chi connectivity index (χ1) is 8.16. The molecule has 4 nitrogen and oxygen atoms in total. The minimum absolute atomic E-state index is 0.0839. The first kappa shape index (κ1) is 11.8. The summed E-state index contributed by atoms with van der Waals surface area (Å²) in [4.78, 5) is 10.3. The van der Waals surface area contributed by atoms with Crippen molar-refractivity contribution >= 4 is 28.5 Å². The van der Waals surface area contributed by atoms with Gasteiger partial charge in [0.2, 0.25) is 0 Å². The molecule has 1 N–H and O–H groups in total. The fourth-order valence-electron chi connectivity index (χ4n) is 1.48. The zero-order chi connectivity index (χ0) is 12.3. The Morgan fingerprint density at radius 3 is 3.06 bits per heavy atom. The molecule has 0 saturated carbocycles. The smallest absolute Gasteiger partial charge is 0.303 e. The highest BCUT2D eigenvalue weighted by molar-refractivity contribution is 6.32. The summed E-state index contributed by atoms with van der Waals surface area (Å²) >= 11 is 6.02. The van der Waals surface area contributed by atoms with Crippen molar-refractivity contribution in [3.63, 3.8) is 0 Å². The number of ether oxygens (including phenoxy) is 1. The maximum absolute atomic E-state index is 10.3. The molecule has 0 aliphatic carbocycles. The quantitative estimate of drug-likeness (QED) is 0.832. The Bertz CT molecular complexity index is 532. The van der Waals surface area contributed by atoms with Crippen molar-refractivity contribution in [2.75, 3.05) is 6.61 Å². The summed E-state index contributed by atoms with van der Waals surface area (Å²) in [5.74, 6) is -0.319. The van der Waals surface area contributed by atoms with E-state index in [9.17, 15) is 4.79 Å². The van der Waals surface area contributed by atoms with Crippen LogP contribution < -0.4 is 4.74 Å². The summed E-state index contributed by atoms with van der Waals surface area (Å²) in [6, 6.07) is 5.28. The number of hydrogen-bond acceptors (Lipinski definition) is 3. The van der Waals surface area contributed by atoms with Crippen molar-refractivity contribution in [2.24, 2.45) is 0 Å². The van der Waals surface area contributed by atoms with Crippen LogP contribution in [0, 0.1) is 0 Å². The first-order valence-electron chi connectivity index (χ1n) is 5.18. The van der Waals surface area contributed by atoms with Crippen LogP contribution in [0.1, 0.15) is 12.8 Å². The van der Waals surface area contributed by atoms with Gasteiger partial charge >= 0.3 is 5.97 Å². The van der Waals surface area contributed by atoms with Gasteiger partial charge in [-0.3, -0.25) is 4.79 Å². The maximum atomic E-state index is 10.3. The molecule has 2 rings (SSSR count). The van der Waals surface area contributed by atoms with E-state index in [1.807, 2.05) is 6.07 Å². The largest absolute Gasteiger partial charge is 0.492 e. The molecule has 0 aliphatic heterocycles. The van der Waals surface area contributed by atoms with Crippen molar-refractivity contribution in [3.05, 3.63) is 29.5 Å². The van der Waals surface area contributed by atoms with Crippen LogP contribution in [0.4, 0.5) is 0 Å². The van der Waals surface area contributed by atoms with Gasteiger partial charge in [0, 0.05) is 17.9 Å². The van der Waals surface area contributed by atoms with E-state index in [0.717, 1.165) is 5.39 Å². The Labute approximate surface area is 103 Å². The first-order valence-corrected chi connectivity index (χ1v) is 5.56. The lowest BCUT2D eigenvalue weighted by molar-refractivity contribution is -0.137. The summed E-state index contributed by atoms with van der Waals surface area (Å²) in [6.07, 6.45) is 2.11. The SMILES string of the molecule is O=C(O)CCCOc1cc2occc2cc1Cl. The van der Waals surface area contributed by atoms with Crippen molar-refractivity contribution in [3.8, 4) is 5.75 Å². The average Bonchev–Trinajstić information content (AvgIpc) is 2.71. The highest BCUT2D eigenvalue weighted by Crippen LogP contribution is 2.30. The number of rotatable bonds is 5. The predicted molar refractivity (Wildman–Crippen MR) is 63.6 cm³/mol. The number of carboxylic acids is 1. The standard InChI is InChI=1S/C12H11ClO4/c13-9-6-8-3-5-17-10(8)7-11(9)16-4-1-2-12(14)15/h3,5-7H,1-2,4H2,(H,14,15). The van der Waals surface area contributed by atoms with Gasteiger partial charge in [-0.25, -0.2) is 0 Å². The van der Waals surface area contributed by atoms with Gasteiger partial charge in [0.1, 0.15) is 11.3 Å². The van der Waals surface area contributed by atoms with E-state index in [1.54, 1.807) is 18.4 Å². The molecule has 0 fully saturated rings. The van der Waals surface area contributed by atoms with E-state index in [0.29, 0.717) is 29.4 Å². The highest BCUT2D eigenvalue weighted by atomic mass is 35.5. The zero-order valence-electron chi connectivity index (χ0n) is 8.98. The molecular weight excluding hydrogens is 244 g/mol. The normalized spacial score (nSPS) is 10.6. The van der Waals surface area contributed by atoms with E-state index >= 15 is 0 Å². The molecule has 0 saturated heterocycles. The van der Waals surface area contributed by atoms with E-state index < -0.39 is 5.97 Å². The zero-order valence-corrected chi connectivity index (χ0v) is 9.74. The number of halogens is 1. The number of fused-ring (bicyclic) bond motifs is 1. The number of hydrogen-bond donors (Lipinski definition) is 1. The van der Waals surface area contributed by atoms with Crippen LogP contribution in [0.2, 0.25) is 5.02 Å². The molecule has 0 amide bonds. The monoisotopic (exact) mass is 254 g/mol. The molecule has 0 atom stereocenters. The van der Waals surface area contributed by atoms with Crippen LogP contribution in [0.5, 0.6) is 5.75 Å². The van der Waals surface area contributed by atoms with Gasteiger partial charge in [-0.15, -0.1) is 0 Å². The van der Waals surface area contributed by atoms with Gasteiger partial charge in [0.25, 0.3) is 0 Å². The highest BCUT2D eigenvalue weighted by Gasteiger charge is 2.06. The third-order valence-electron chi connectivity index (χ3n) is 2.30. The van der Waals surface area contributed by atoms with Crippen LogP contribution in [-0.2, 0) is 4.79 Å². The summed E-state index contributed by atoms with van der Waals surface area (Å²) in [5, 5.41) is 9.89. The lowest BCUT2D eigenvalue weighted by Crippen LogP contribution is -2.02. The fourth-order valence-corrected chi connectivity index (χ4v) is 1.71. The molecule has 17 heavy (non-hydrogen) atoms. The van der Waals surface area contributed by atoms with Crippen LogP contribution >= 0.6 is 11.6 Å². The summed E-state index contributed by atoms with van der Waals surface area (Å²) in [6.45, 7) is 0.318. The van der Waals surface area contributed by atoms with Gasteiger partial charge < -0.3 is 14.3 Å². The van der Waals surface area contributed by atoms with Gasteiger partial charge in [-0.05, 0) is 18.6 Å². The van der Waals surface area contributed by atoms with Crippen molar-refractivity contribution in [1.82, 2.24) is 0 Å². The van der Waals surface area contributed by atoms with Crippen molar-refractivity contribution in [1.29, 1.82) is 0 Å². The lowest BCUT2D eigenvalue weighted by atomic mass is 10.2. The van der Waals surface area contributed by atoms with E-state index in [-0.39, 0.29) is 6.42 Å². The maximum Gasteiger partial charge on any atom is 0.303 e. The molecule has 90 valence electrons. The number of furan rings is 1. The Morgan fingerprint density at radius 2 is 2.29 bits per heavy atom. The molecule has 0 aliphatic rings. The number of aliphatic carboxylic acids is 1. The second kappa shape index (κ2) is 5.10. The molecule has 0 bridgehead atoms. The second-order valence-corrected chi connectivity index (χ2v) is 3.99. The molecule has 0 radical (unpaired) electrons. The molecule has 5 heteroatoms. The minimum Gasteiger partial charge on any atom is -0.492 e. The third-order valence-corrected chi connectivity index (χ3v) is 2.59. The Balaban J connectivity index is 2.02. The Morgan fingerprint density at radius 1 is 1.47 bits per heavy atom. The van der Waals surface area contributed by atoms with E-state index in [4.69, 9.17) is 25.9 Å². The van der Waals surface area contributed by atoms with Gasteiger partial charge in [0.05, 0.1) is 17.9 Å². The molecule has 1 aromatic carbocycles. The molecule has 1 heterocycles. The fraction of sp³-hybridized carbons (Fsp3) is 0.250. The lowest BCUT2D eigenvalue weighted by Gasteiger charge is -2.06. The summed E-state index contributed by atoms with van der Waals surface area (Å²) in [7, 11) is 0. The topological polar surface area (TPSA) is 59.7 Å². The minimum atomic E-state index is -0.832. The molecular formula is C12H11ClO4. The Hall–Kier alpha value is -1.68. The number of carbonyl (C=O) groups is 1.